The van der Waals surface area contributed by atoms with Crippen LogP contribution in [0.2, 0.25) is 0 Å². The number of anilines is 3. The molecule has 5 nitrogen and oxygen atoms in total. The third-order valence-electron chi connectivity index (χ3n) is 5.32. The second kappa shape index (κ2) is 8.78. The fraction of sp³-hybridized carbons (Fsp3) is 0.250. The van der Waals surface area contributed by atoms with E-state index in [1.54, 1.807) is 12.3 Å². The zero-order valence-electron chi connectivity index (χ0n) is 16.7. The van der Waals surface area contributed by atoms with E-state index < -0.39 is 0 Å². The minimum absolute atomic E-state index is 0.179. The van der Waals surface area contributed by atoms with Crippen LogP contribution in [0.3, 0.4) is 0 Å². The Hall–Kier alpha value is -3.34. The molecule has 1 fully saturated rings. The molecule has 29 heavy (non-hydrogen) atoms. The molecule has 1 aliphatic heterocycles. The summed E-state index contributed by atoms with van der Waals surface area (Å²) >= 11 is 0. The fourth-order valence-electron chi connectivity index (χ4n) is 3.60. The highest BCUT2D eigenvalue weighted by atomic mass is 16.1. The van der Waals surface area contributed by atoms with Crippen LogP contribution in [0.4, 0.5) is 17.1 Å². The monoisotopic (exact) mass is 386 g/mol. The van der Waals surface area contributed by atoms with Crippen molar-refractivity contribution in [3.05, 3.63) is 83.7 Å². The molecule has 2 aromatic carbocycles. The molecule has 4 rings (SSSR count). The third-order valence-corrected chi connectivity index (χ3v) is 5.32. The number of hydrogen-bond donors (Lipinski definition) is 2. The summed E-state index contributed by atoms with van der Waals surface area (Å²) in [6.45, 7) is 4.80. The Morgan fingerprint density at radius 1 is 1.00 bits per heavy atom. The predicted octanol–water partition coefficient (Wildman–Crippen LogP) is 4.66. The van der Waals surface area contributed by atoms with Crippen molar-refractivity contribution in [2.75, 3.05) is 23.3 Å². The first kappa shape index (κ1) is 19.0. The first-order valence-electron chi connectivity index (χ1n) is 10.1. The lowest BCUT2D eigenvalue weighted by Gasteiger charge is -2.18. The smallest absolute Gasteiger partial charge is 0.270 e. The number of nitrogens with zero attached hydrogens (tertiary/aromatic N) is 2. The highest BCUT2D eigenvalue weighted by molar-refractivity contribution is 5.93. The van der Waals surface area contributed by atoms with Crippen molar-refractivity contribution in [2.45, 2.75) is 26.3 Å². The Bertz CT molecular complexity index is 978. The van der Waals surface area contributed by atoms with Gasteiger partial charge in [-0.05, 0) is 67.3 Å². The summed E-state index contributed by atoms with van der Waals surface area (Å²) in [6.07, 6.45) is 4.20. The number of nitrogens with one attached hydrogen (secondary N) is 2. The lowest BCUT2D eigenvalue weighted by molar-refractivity contribution is 0.0946. The Morgan fingerprint density at radius 3 is 2.52 bits per heavy atom. The Balaban J connectivity index is 1.39. The first-order valence-corrected chi connectivity index (χ1v) is 10.1. The van der Waals surface area contributed by atoms with Crippen molar-refractivity contribution in [3.63, 3.8) is 0 Å². The molecule has 3 aromatic rings. The molecular formula is C24H26N4O. The lowest BCUT2D eigenvalue weighted by atomic mass is 10.1. The van der Waals surface area contributed by atoms with Gasteiger partial charge >= 0.3 is 0 Å². The number of carbonyl (C=O) groups excluding carboxylic acids is 1. The zero-order chi connectivity index (χ0) is 20.1. The first-order chi connectivity index (χ1) is 14.2. The van der Waals surface area contributed by atoms with E-state index in [2.05, 4.69) is 44.8 Å². The van der Waals surface area contributed by atoms with Gasteiger partial charge in [-0.15, -0.1) is 0 Å². The maximum atomic E-state index is 12.5. The molecule has 0 bridgehead atoms. The number of benzene rings is 2. The van der Waals surface area contributed by atoms with E-state index in [0.29, 0.717) is 12.2 Å². The van der Waals surface area contributed by atoms with Crippen LogP contribution in [0, 0.1) is 6.92 Å². The molecule has 148 valence electrons. The fourth-order valence-corrected chi connectivity index (χ4v) is 3.60. The molecule has 0 unspecified atom stereocenters. The molecule has 0 aliphatic carbocycles. The number of rotatable bonds is 6. The van der Waals surface area contributed by atoms with Gasteiger partial charge in [0, 0.05) is 42.9 Å². The van der Waals surface area contributed by atoms with E-state index in [-0.39, 0.29) is 5.91 Å². The highest BCUT2D eigenvalue weighted by Gasteiger charge is 2.12. The van der Waals surface area contributed by atoms with Crippen molar-refractivity contribution in [3.8, 4) is 0 Å². The third kappa shape index (κ3) is 4.74. The standard InChI is InChI=1S/C24H26N4O/c1-18-6-2-3-7-19(18)17-26-24(29)23-16-21(12-13-25-23)27-20-8-10-22(11-9-20)28-14-4-5-15-28/h2-3,6-13,16H,4-5,14-15,17H2,1H3,(H,25,27)(H,26,29). The number of pyridine rings is 1. The molecule has 0 spiro atoms. The number of aromatic nitrogens is 1. The van der Waals surface area contributed by atoms with Gasteiger partial charge in [-0.25, -0.2) is 0 Å². The average molecular weight is 386 g/mol. The van der Waals surface area contributed by atoms with Gasteiger partial charge in [0.1, 0.15) is 5.69 Å². The molecule has 0 saturated carbocycles. The average Bonchev–Trinajstić information content (AvgIpc) is 3.29. The molecule has 0 radical (unpaired) electrons. The molecular weight excluding hydrogens is 360 g/mol. The summed E-state index contributed by atoms with van der Waals surface area (Å²) < 4.78 is 0. The van der Waals surface area contributed by atoms with Gasteiger partial charge in [0.25, 0.3) is 5.91 Å². The largest absolute Gasteiger partial charge is 0.372 e. The van der Waals surface area contributed by atoms with Crippen LogP contribution in [0.1, 0.15) is 34.5 Å². The van der Waals surface area contributed by atoms with Crippen LogP contribution in [0.15, 0.2) is 66.9 Å². The summed E-state index contributed by atoms with van der Waals surface area (Å²) in [5.74, 6) is -0.179. The van der Waals surface area contributed by atoms with Crippen molar-refractivity contribution < 1.29 is 4.79 Å². The van der Waals surface area contributed by atoms with Gasteiger partial charge in [0.2, 0.25) is 0 Å². The highest BCUT2D eigenvalue weighted by Crippen LogP contribution is 2.24. The van der Waals surface area contributed by atoms with Gasteiger partial charge < -0.3 is 15.5 Å². The van der Waals surface area contributed by atoms with E-state index in [9.17, 15) is 4.79 Å². The summed E-state index contributed by atoms with van der Waals surface area (Å²) in [4.78, 5) is 19.2. The quantitative estimate of drug-likeness (QED) is 0.647. The molecule has 1 aliphatic rings. The summed E-state index contributed by atoms with van der Waals surface area (Å²) in [7, 11) is 0. The van der Waals surface area contributed by atoms with Gasteiger partial charge in [-0.1, -0.05) is 24.3 Å². The minimum Gasteiger partial charge on any atom is -0.372 e. The summed E-state index contributed by atoms with van der Waals surface area (Å²) in [6, 6.07) is 20.1. The number of amides is 1. The van der Waals surface area contributed by atoms with Gasteiger partial charge in [-0.2, -0.15) is 0 Å². The van der Waals surface area contributed by atoms with Crippen LogP contribution in [-0.4, -0.2) is 24.0 Å². The summed E-state index contributed by atoms with van der Waals surface area (Å²) in [5.41, 5.74) is 5.76. The zero-order valence-corrected chi connectivity index (χ0v) is 16.7. The van der Waals surface area contributed by atoms with E-state index in [4.69, 9.17) is 0 Å². The molecule has 5 heteroatoms. The normalized spacial score (nSPS) is 13.3. The van der Waals surface area contributed by atoms with Crippen LogP contribution >= 0.6 is 0 Å². The SMILES string of the molecule is Cc1ccccc1CNC(=O)c1cc(Nc2ccc(N3CCCC3)cc2)ccn1. The Kier molecular flexibility index (Phi) is 5.75. The molecule has 2 N–H and O–H groups in total. The van der Waals surface area contributed by atoms with E-state index in [1.165, 1.54) is 18.5 Å². The molecule has 0 atom stereocenters. The van der Waals surface area contributed by atoms with Crippen molar-refractivity contribution >= 4 is 23.0 Å². The maximum absolute atomic E-state index is 12.5. The topological polar surface area (TPSA) is 57.3 Å². The maximum Gasteiger partial charge on any atom is 0.270 e. The second-order valence-electron chi connectivity index (χ2n) is 7.40. The lowest BCUT2D eigenvalue weighted by Crippen LogP contribution is -2.24. The molecule has 2 heterocycles. The van der Waals surface area contributed by atoms with Crippen molar-refractivity contribution in [1.82, 2.24) is 10.3 Å². The van der Waals surface area contributed by atoms with Gasteiger partial charge in [0.05, 0.1) is 0 Å². The van der Waals surface area contributed by atoms with Crippen molar-refractivity contribution in [1.29, 1.82) is 0 Å². The number of carbonyl (C=O) groups is 1. The van der Waals surface area contributed by atoms with E-state index in [1.807, 2.05) is 37.3 Å². The molecule has 1 aromatic heterocycles. The van der Waals surface area contributed by atoms with Crippen LogP contribution < -0.4 is 15.5 Å². The van der Waals surface area contributed by atoms with Crippen LogP contribution in [0.25, 0.3) is 0 Å². The van der Waals surface area contributed by atoms with E-state index >= 15 is 0 Å². The van der Waals surface area contributed by atoms with Crippen molar-refractivity contribution in [2.24, 2.45) is 0 Å². The molecule has 1 amide bonds. The van der Waals surface area contributed by atoms with Gasteiger partial charge in [-0.3, -0.25) is 9.78 Å². The minimum atomic E-state index is -0.179. The Labute approximate surface area is 171 Å². The van der Waals surface area contributed by atoms with Crippen LogP contribution in [0.5, 0.6) is 0 Å². The van der Waals surface area contributed by atoms with E-state index in [0.717, 1.165) is 35.6 Å². The number of aryl methyl sites for hydroxylation is 1. The van der Waals surface area contributed by atoms with Crippen LogP contribution in [-0.2, 0) is 6.54 Å². The molecule has 1 saturated heterocycles. The second-order valence-corrected chi connectivity index (χ2v) is 7.40. The predicted molar refractivity (Wildman–Crippen MR) is 118 cm³/mol. The Morgan fingerprint density at radius 2 is 1.76 bits per heavy atom. The number of hydrogen-bond acceptors (Lipinski definition) is 4. The van der Waals surface area contributed by atoms with Gasteiger partial charge in [0.15, 0.2) is 0 Å². The summed E-state index contributed by atoms with van der Waals surface area (Å²) in [5, 5.41) is 6.31.